The van der Waals surface area contributed by atoms with Gasteiger partial charge in [0.1, 0.15) is 12.2 Å². The highest BCUT2D eigenvalue weighted by molar-refractivity contribution is 5.93. The predicted octanol–water partition coefficient (Wildman–Crippen LogP) is 2.20. The van der Waals surface area contributed by atoms with Gasteiger partial charge in [0, 0.05) is 0 Å². The van der Waals surface area contributed by atoms with Crippen LogP contribution in [0.25, 0.3) is 0 Å². The van der Waals surface area contributed by atoms with E-state index < -0.39 is 11.7 Å². The normalized spacial score (nSPS) is 22.8. The molecule has 1 saturated heterocycles. The molecule has 0 bridgehead atoms. The zero-order valence-electron chi connectivity index (χ0n) is 11.9. The Kier molecular flexibility index (Phi) is 4.73. The first-order chi connectivity index (χ1) is 8.26. The van der Waals surface area contributed by atoms with Crippen molar-refractivity contribution in [2.75, 3.05) is 13.2 Å². The van der Waals surface area contributed by atoms with Crippen LogP contribution in [-0.2, 0) is 14.3 Å². The van der Waals surface area contributed by atoms with Gasteiger partial charge < -0.3 is 9.47 Å². The molecule has 5 heteroatoms. The van der Waals surface area contributed by atoms with Crippen LogP contribution in [0, 0.1) is 5.92 Å². The van der Waals surface area contributed by atoms with Crippen molar-refractivity contribution < 1.29 is 19.1 Å². The van der Waals surface area contributed by atoms with E-state index in [4.69, 9.17) is 9.47 Å². The van der Waals surface area contributed by atoms with Crippen LogP contribution < -0.4 is 0 Å². The molecule has 1 fully saturated rings. The molecule has 0 unspecified atom stereocenters. The highest BCUT2D eigenvalue weighted by Crippen LogP contribution is 2.21. The molecule has 0 spiro atoms. The third-order valence-corrected chi connectivity index (χ3v) is 3.01. The number of carbonyl (C=O) groups excluding carboxylic acids is 2. The van der Waals surface area contributed by atoms with E-state index in [0.717, 1.165) is 6.42 Å². The maximum atomic E-state index is 12.1. The lowest BCUT2D eigenvalue weighted by molar-refractivity contribution is -0.148. The van der Waals surface area contributed by atoms with E-state index in [-0.39, 0.29) is 24.5 Å². The minimum absolute atomic E-state index is 0.0494. The monoisotopic (exact) mass is 257 g/mol. The first kappa shape index (κ1) is 15.0. The van der Waals surface area contributed by atoms with Crippen LogP contribution in [-0.4, -0.2) is 41.8 Å². The average Bonchev–Trinajstić information content (AvgIpc) is 2.25. The van der Waals surface area contributed by atoms with Crippen molar-refractivity contribution >= 4 is 12.0 Å². The molecule has 1 aliphatic heterocycles. The molecule has 2 atom stereocenters. The van der Waals surface area contributed by atoms with Crippen molar-refractivity contribution in [1.82, 2.24) is 4.90 Å². The summed E-state index contributed by atoms with van der Waals surface area (Å²) in [6.07, 6.45) is 0.307. The maximum Gasteiger partial charge on any atom is 0.417 e. The van der Waals surface area contributed by atoms with E-state index in [1.165, 1.54) is 4.90 Å². The molecule has 0 N–H and O–H groups in total. The highest BCUT2D eigenvalue weighted by atomic mass is 16.6. The Morgan fingerprint density at radius 1 is 1.56 bits per heavy atom. The zero-order chi connectivity index (χ0) is 13.9. The second-order valence-electron chi connectivity index (χ2n) is 5.71. The summed E-state index contributed by atoms with van der Waals surface area (Å²) in [5.41, 5.74) is -0.602. The van der Waals surface area contributed by atoms with Gasteiger partial charge in [0.05, 0.1) is 12.6 Å². The molecule has 2 amide bonds. The Balaban J connectivity index is 2.84. The number of hydrogen-bond donors (Lipinski definition) is 0. The summed E-state index contributed by atoms with van der Waals surface area (Å²) >= 11 is 0. The molecule has 0 aromatic heterocycles. The molecule has 18 heavy (non-hydrogen) atoms. The molecule has 1 heterocycles. The number of nitrogens with zero attached hydrogens (tertiary/aromatic N) is 1. The fourth-order valence-electron chi connectivity index (χ4n) is 1.84. The fourth-order valence-corrected chi connectivity index (χ4v) is 1.84. The van der Waals surface area contributed by atoms with Gasteiger partial charge in [0.2, 0.25) is 0 Å². The number of hydrogen-bond acceptors (Lipinski definition) is 4. The Morgan fingerprint density at radius 2 is 2.17 bits per heavy atom. The molecule has 104 valence electrons. The minimum Gasteiger partial charge on any atom is -0.443 e. The van der Waals surface area contributed by atoms with Gasteiger partial charge in [-0.05, 0) is 26.7 Å². The van der Waals surface area contributed by atoms with Crippen molar-refractivity contribution in [2.24, 2.45) is 5.92 Å². The Hall–Kier alpha value is -1.10. The minimum atomic E-state index is -0.602. The van der Waals surface area contributed by atoms with Crippen molar-refractivity contribution in [3.05, 3.63) is 0 Å². The lowest BCUT2D eigenvalue weighted by Crippen LogP contribution is -2.55. The van der Waals surface area contributed by atoms with Gasteiger partial charge in [-0.3, -0.25) is 4.79 Å². The Labute approximate surface area is 108 Å². The number of ether oxygens (including phenoxy) is 2. The van der Waals surface area contributed by atoms with Crippen LogP contribution in [0.3, 0.4) is 0 Å². The number of morpholine rings is 1. The molecule has 1 rings (SSSR count). The van der Waals surface area contributed by atoms with E-state index in [0.29, 0.717) is 6.61 Å². The van der Waals surface area contributed by atoms with Crippen LogP contribution in [0.4, 0.5) is 4.79 Å². The first-order valence-corrected chi connectivity index (χ1v) is 6.39. The van der Waals surface area contributed by atoms with Gasteiger partial charge in [-0.25, -0.2) is 9.69 Å². The van der Waals surface area contributed by atoms with Crippen molar-refractivity contribution in [2.45, 2.75) is 52.7 Å². The largest absolute Gasteiger partial charge is 0.443 e. The van der Waals surface area contributed by atoms with Gasteiger partial charge in [-0.1, -0.05) is 20.3 Å². The Bertz CT molecular complexity index is 321. The molecule has 0 aromatic carbocycles. The summed E-state index contributed by atoms with van der Waals surface area (Å²) < 4.78 is 10.5. The van der Waals surface area contributed by atoms with Crippen LogP contribution in [0.5, 0.6) is 0 Å². The summed E-state index contributed by atoms with van der Waals surface area (Å²) in [5, 5.41) is 0. The predicted molar refractivity (Wildman–Crippen MR) is 67.1 cm³/mol. The third-order valence-electron chi connectivity index (χ3n) is 3.01. The van der Waals surface area contributed by atoms with Crippen molar-refractivity contribution in [3.8, 4) is 0 Å². The van der Waals surface area contributed by atoms with E-state index >= 15 is 0 Å². The molecular formula is C13H23NO4. The smallest absolute Gasteiger partial charge is 0.417 e. The standard InChI is InChI=1S/C13H23NO4/c1-6-9(2)10-7-17-8-11(15)14(10)12(16)18-13(3,4)5/h9-10H,6-8H2,1-5H3/t9-,10-/m1/s1. The van der Waals surface area contributed by atoms with Gasteiger partial charge in [-0.15, -0.1) is 0 Å². The summed E-state index contributed by atoms with van der Waals surface area (Å²) in [4.78, 5) is 25.2. The fraction of sp³-hybridized carbons (Fsp3) is 0.846. The topological polar surface area (TPSA) is 55.8 Å². The number of imide groups is 1. The van der Waals surface area contributed by atoms with Crippen LogP contribution in [0.1, 0.15) is 41.0 Å². The lowest BCUT2D eigenvalue weighted by atomic mass is 9.97. The lowest BCUT2D eigenvalue weighted by Gasteiger charge is -2.37. The van der Waals surface area contributed by atoms with E-state index in [1.807, 2.05) is 13.8 Å². The van der Waals surface area contributed by atoms with Gasteiger partial charge in [0.15, 0.2) is 0 Å². The van der Waals surface area contributed by atoms with Gasteiger partial charge >= 0.3 is 6.09 Å². The Morgan fingerprint density at radius 3 is 2.67 bits per heavy atom. The molecular weight excluding hydrogens is 234 g/mol. The molecule has 0 aromatic rings. The second-order valence-corrected chi connectivity index (χ2v) is 5.71. The highest BCUT2D eigenvalue weighted by Gasteiger charge is 2.38. The summed E-state index contributed by atoms with van der Waals surface area (Å²) in [6, 6.07) is -0.230. The van der Waals surface area contributed by atoms with Crippen molar-refractivity contribution in [1.29, 1.82) is 0 Å². The molecule has 0 aliphatic carbocycles. The van der Waals surface area contributed by atoms with E-state index in [9.17, 15) is 9.59 Å². The average molecular weight is 257 g/mol. The second kappa shape index (κ2) is 5.69. The number of carbonyl (C=O) groups is 2. The zero-order valence-corrected chi connectivity index (χ0v) is 11.9. The third kappa shape index (κ3) is 3.70. The van der Waals surface area contributed by atoms with Gasteiger partial charge in [0.25, 0.3) is 5.91 Å². The molecule has 5 nitrogen and oxygen atoms in total. The molecule has 0 saturated carbocycles. The van der Waals surface area contributed by atoms with Crippen molar-refractivity contribution in [3.63, 3.8) is 0 Å². The SMILES string of the molecule is CC[C@@H](C)[C@H]1COCC(=O)N1C(=O)OC(C)(C)C. The number of rotatable bonds is 2. The van der Waals surface area contributed by atoms with E-state index in [2.05, 4.69) is 0 Å². The van der Waals surface area contributed by atoms with Crippen LogP contribution >= 0.6 is 0 Å². The number of amides is 2. The molecule has 0 radical (unpaired) electrons. The van der Waals surface area contributed by atoms with Gasteiger partial charge in [-0.2, -0.15) is 0 Å². The summed E-state index contributed by atoms with van der Waals surface area (Å²) in [7, 11) is 0. The van der Waals surface area contributed by atoms with E-state index in [1.54, 1.807) is 20.8 Å². The van der Waals surface area contributed by atoms with Crippen LogP contribution in [0.2, 0.25) is 0 Å². The quantitative estimate of drug-likeness (QED) is 0.761. The summed E-state index contributed by atoms with van der Waals surface area (Å²) in [5.74, 6) is -0.123. The van der Waals surface area contributed by atoms with Crippen LogP contribution in [0.15, 0.2) is 0 Å². The summed E-state index contributed by atoms with van der Waals surface area (Å²) in [6.45, 7) is 9.73. The maximum absolute atomic E-state index is 12.1. The first-order valence-electron chi connectivity index (χ1n) is 6.39. The molecule has 1 aliphatic rings.